The summed E-state index contributed by atoms with van der Waals surface area (Å²) in [5, 5.41) is 6.17. The molecule has 170 valence electrons. The van der Waals surface area contributed by atoms with Crippen LogP contribution in [0.2, 0.25) is 5.02 Å². The number of esters is 1. The summed E-state index contributed by atoms with van der Waals surface area (Å²) in [5.74, 6) is -1.67. The Bertz CT molecular complexity index is 1080. The minimum Gasteiger partial charge on any atom is -0.462 e. The van der Waals surface area contributed by atoms with Gasteiger partial charge in [-0.2, -0.15) is 0 Å². The number of hydrogen-bond acceptors (Lipinski definition) is 6. The van der Waals surface area contributed by atoms with Crippen molar-refractivity contribution in [2.45, 2.75) is 39.7 Å². The van der Waals surface area contributed by atoms with E-state index in [1.807, 2.05) is 6.92 Å². The number of halogens is 1. The van der Waals surface area contributed by atoms with E-state index in [0.717, 1.165) is 15.3 Å². The van der Waals surface area contributed by atoms with Gasteiger partial charge in [0.15, 0.2) is 0 Å². The van der Waals surface area contributed by atoms with Crippen molar-refractivity contribution in [3.05, 3.63) is 50.9 Å². The smallest absolute Gasteiger partial charge is 0.341 e. The van der Waals surface area contributed by atoms with Gasteiger partial charge in [0.25, 0.3) is 5.91 Å². The molecule has 3 rings (SSSR count). The van der Waals surface area contributed by atoms with Gasteiger partial charge in [-0.25, -0.2) is 9.59 Å². The van der Waals surface area contributed by atoms with Crippen LogP contribution in [-0.2, 0) is 26.3 Å². The fraction of sp³-hybridized carbons (Fsp3) is 0.364. The van der Waals surface area contributed by atoms with Gasteiger partial charge in [-0.15, -0.1) is 11.3 Å². The van der Waals surface area contributed by atoms with E-state index >= 15 is 0 Å². The third kappa shape index (κ3) is 4.35. The van der Waals surface area contributed by atoms with Crippen LogP contribution in [0, 0.1) is 6.92 Å². The summed E-state index contributed by atoms with van der Waals surface area (Å²) in [7, 11) is 0. The molecule has 0 spiro atoms. The molecule has 0 saturated carbocycles. The zero-order valence-electron chi connectivity index (χ0n) is 18.2. The zero-order valence-corrected chi connectivity index (χ0v) is 19.8. The first-order chi connectivity index (χ1) is 15.1. The van der Waals surface area contributed by atoms with Gasteiger partial charge in [-0.3, -0.25) is 14.5 Å². The van der Waals surface area contributed by atoms with E-state index in [0.29, 0.717) is 27.6 Å². The van der Waals surface area contributed by atoms with Crippen molar-refractivity contribution in [3.63, 3.8) is 0 Å². The SMILES string of the molecule is CCOC(=O)c1c(NC(=O)CN2C(=O)NC(C)(c3ccc(Cl)cc3)C2=O)sc(CC)c1C. The summed E-state index contributed by atoms with van der Waals surface area (Å²) >= 11 is 7.19. The number of thiophene rings is 1. The second-order valence-electron chi connectivity index (χ2n) is 7.43. The Morgan fingerprint density at radius 3 is 2.47 bits per heavy atom. The lowest BCUT2D eigenvalue weighted by atomic mass is 9.92. The molecule has 1 aliphatic rings. The van der Waals surface area contributed by atoms with Crippen molar-refractivity contribution < 1.29 is 23.9 Å². The number of rotatable bonds is 7. The molecule has 1 aromatic carbocycles. The van der Waals surface area contributed by atoms with Crippen molar-refractivity contribution in [2.75, 3.05) is 18.5 Å². The lowest BCUT2D eigenvalue weighted by molar-refractivity contribution is -0.133. The summed E-state index contributed by atoms with van der Waals surface area (Å²) in [4.78, 5) is 52.5. The maximum Gasteiger partial charge on any atom is 0.341 e. The summed E-state index contributed by atoms with van der Waals surface area (Å²) in [6.07, 6.45) is 0.686. The van der Waals surface area contributed by atoms with Crippen LogP contribution in [0.3, 0.4) is 0 Å². The van der Waals surface area contributed by atoms with Crippen molar-refractivity contribution in [3.8, 4) is 0 Å². The van der Waals surface area contributed by atoms with E-state index in [4.69, 9.17) is 16.3 Å². The van der Waals surface area contributed by atoms with E-state index in [2.05, 4.69) is 10.6 Å². The molecule has 2 N–H and O–H groups in total. The second kappa shape index (κ2) is 9.30. The fourth-order valence-electron chi connectivity index (χ4n) is 3.56. The number of anilines is 1. The largest absolute Gasteiger partial charge is 0.462 e. The van der Waals surface area contributed by atoms with Crippen molar-refractivity contribution in [1.82, 2.24) is 10.2 Å². The van der Waals surface area contributed by atoms with Crippen LogP contribution in [0.25, 0.3) is 0 Å². The van der Waals surface area contributed by atoms with Crippen molar-refractivity contribution in [1.29, 1.82) is 0 Å². The Labute approximate surface area is 194 Å². The van der Waals surface area contributed by atoms with Crippen LogP contribution in [-0.4, -0.2) is 41.9 Å². The average Bonchev–Trinajstić information content (AvgIpc) is 3.17. The standard InChI is InChI=1S/C22H24ClN3O5S/c1-5-15-12(3)17(19(28)31-6-2)18(32-15)24-16(27)11-26-20(29)22(4,25-21(26)30)13-7-9-14(23)10-8-13/h7-10H,5-6,11H2,1-4H3,(H,24,27)(H,25,30). The number of amides is 4. The molecule has 0 aliphatic carbocycles. The maximum atomic E-state index is 13.0. The summed E-state index contributed by atoms with van der Waals surface area (Å²) in [5.41, 5.74) is 0.281. The number of carbonyl (C=O) groups excluding carboxylic acids is 4. The Morgan fingerprint density at radius 2 is 1.88 bits per heavy atom. The van der Waals surface area contributed by atoms with Gasteiger partial charge >= 0.3 is 12.0 Å². The van der Waals surface area contributed by atoms with E-state index in [1.165, 1.54) is 11.3 Å². The predicted molar refractivity (Wildman–Crippen MR) is 122 cm³/mol. The van der Waals surface area contributed by atoms with Crippen molar-refractivity contribution >= 4 is 51.8 Å². The molecule has 2 heterocycles. The molecule has 1 fully saturated rings. The highest BCUT2D eigenvalue weighted by Crippen LogP contribution is 2.34. The van der Waals surface area contributed by atoms with Crippen LogP contribution in [0.1, 0.15) is 47.1 Å². The zero-order chi connectivity index (χ0) is 23.6. The van der Waals surface area contributed by atoms with E-state index in [1.54, 1.807) is 45.0 Å². The molecule has 0 bridgehead atoms. The molecule has 1 aliphatic heterocycles. The number of carbonyl (C=O) groups is 4. The third-order valence-electron chi connectivity index (χ3n) is 5.30. The lowest BCUT2D eigenvalue weighted by Gasteiger charge is -2.22. The fourth-order valence-corrected chi connectivity index (χ4v) is 4.84. The Balaban J connectivity index is 1.79. The Kier molecular flexibility index (Phi) is 6.90. The Hall–Kier alpha value is -2.91. The number of urea groups is 1. The van der Waals surface area contributed by atoms with Gasteiger partial charge in [0.05, 0.1) is 12.2 Å². The highest BCUT2D eigenvalue weighted by Gasteiger charge is 2.49. The number of nitrogens with one attached hydrogen (secondary N) is 2. The molecule has 1 saturated heterocycles. The number of hydrogen-bond donors (Lipinski definition) is 2. The molecule has 8 nitrogen and oxygen atoms in total. The minimum absolute atomic E-state index is 0.203. The Morgan fingerprint density at radius 1 is 1.22 bits per heavy atom. The first-order valence-electron chi connectivity index (χ1n) is 10.1. The molecule has 1 atom stereocenters. The highest BCUT2D eigenvalue weighted by atomic mass is 35.5. The maximum absolute atomic E-state index is 13.0. The molecule has 0 radical (unpaired) electrons. The topological polar surface area (TPSA) is 105 Å². The van der Waals surface area contributed by atoms with Gasteiger partial charge in [0.2, 0.25) is 5.91 Å². The van der Waals surface area contributed by atoms with Gasteiger partial charge in [-0.05, 0) is 50.5 Å². The summed E-state index contributed by atoms with van der Waals surface area (Å²) < 4.78 is 5.12. The van der Waals surface area contributed by atoms with Crippen molar-refractivity contribution in [2.24, 2.45) is 0 Å². The lowest BCUT2D eigenvalue weighted by Crippen LogP contribution is -2.42. The van der Waals surface area contributed by atoms with Gasteiger partial charge < -0.3 is 15.4 Å². The molecule has 10 heteroatoms. The molecular weight excluding hydrogens is 454 g/mol. The normalized spacial score (nSPS) is 18.0. The monoisotopic (exact) mass is 477 g/mol. The molecule has 2 aromatic rings. The number of ether oxygens (including phenoxy) is 1. The number of benzene rings is 1. The molecule has 4 amide bonds. The molecule has 1 unspecified atom stereocenters. The minimum atomic E-state index is -1.31. The van der Waals surface area contributed by atoms with Crippen LogP contribution < -0.4 is 10.6 Å². The third-order valence-corrected chi connectivity index (χ3v) is 6.90. The highest BCUT2D eigenvalue weighted by molar-refractivity contribution is 7.17. The number of nitrogens with zero attached hydrogens (tertiary/aromatic N) is 1. The number of aryl methyl sites for hydroxylation is 1. The van der Waals surface area contributed by atoms with Crippen LogP contribution in [0.15, 0.2) is 24.3 Å². The van der Waals surface area contributed by atoms with Gasteiger partial charge in [-0.1, -0.05) is 30.7 Å². The number of imide groups is 1. The molecule has 32 heavy (non-hydrogen) atoms. The van der Waals surface area contributed by atoms with E-state index in [-0.39, 0.29) is 6.61 Å². The summed E-state index contributed by atoms with van der Waals surface area (Å²) in [6.45, 7) is 6.73. The van der Waals surface area contributed by atoms with Gasteiger partial charge in [0, 0.05) is 9.90 Å². The summed E-state index contributed by atoms with van der Waals surface area (Å²) in [6, 6.07) is 5.87. The molecular formula is C22H24ClN3O5S. The van der Waals surface area contributed by atoms with E-state index < -0.39 is 35.9 Å². The van der Waals surface area contributed by atoms with Crippen LogP contribution in [0.5, 0.6) is 0 Å². The quantitative estimate of drug-likeness (QED) is 0.465. The van der Waals surface area contributed by atoms with E-state index in [9.17, 15) is 19.2 Å². The van der Waals surface area contributed by atoms with Gasteiger partial charge in [0.1, 0.15) is 17.1 Å². The van der Waals surface area contributed by atoms with Crippen LogP contribution in [0.4, 0.5) is 9.80 Å². The van der Waals surface area contributed by atoms with Crippen LogP contribution >= 0.6 is 22.9 Å². The predicted octanol–water partition coefficient (Wildman–Crippen LogP) is 3.85. The first kappa shape index (κ1) is 23.7. The average molecular weight is 478 g/mol. The second-order valence-corrected chi connectivity index (χ2v) is 8.97. The molecule has 1 aromatic heterocycles. The first-order valence-corrected chi connectivity index (χ1v) is 11.3.